The molecular formula is C22H19NO3. The first kappa shape index (κ1) is 16.3. The minimum atomic E-state index is -0.893. The van der Waals surface area contributed by atoms with Gasteiger partial charge < -0.3 is 9.84 Å². The zero-order chi connectivity index (χ0) is 18.0. The lowest BCUT2D eigenvalue weighted by Gasteiger charge is -2.17. The lowest BCUT2D eigenvalue weighted by atomic mass is 9.87. The Hall–Kier alpha value is -3.14. The summed E-state index contributed by atoms with van der Waals surface area (Å²) >= 11 is 0. The van der Waals surface area contributed by atoms with Crippen molar-refractivity contribution in [2.75, 3.05) is 0 Å². The number of aromatic nitrogens is 1. The molecule has 0 bridgehead atoms. The maximum Gasteiger partial charge on any atom is 0.335 e. The van der Waals surface area contributed by atoms with E-state index in [1.807, 2.05) is 42.5 Å². The fraction of sp³-hybridized carbons (Fsp3) is 0.182. The number of rotatable bonds is 6. The van der Waals surface area contributed by atoms with Crippen molar-refractivity contribution in [1.82, 2.24) is 4.98 Å². The number of carbonyl (C=O) groups is 1. The molecule has 1 heterocycles. The van der Waals surface area contributed by atoms with E-state index in [9.17, 15) is 4.79 Å². The highest BCUT2D eigenvalue weighted by Gasteiger charge is 2.45. The molecule has 2 aromatic carbocycles. The molecule has 0 amide bonds. The van der Waals surface area contributed by atoms with E-state index >= 15 is 0 Å². The number of carboxylic acids is 1. The van der Waals surface area contributed by atoms with Crippen molar-refractivity contribution in [3.8, 4) is 5.75 Å². The standard InChI is InChI=1S/C22H19NO3/c24-21(25)16-4-6-17(7-5-16)22(12-13-22)18-8-10-20(11-9-18)26-15-19-3-1-2-14-23-19/h1-11,14H,12-13,15H2,(H,24,25). The van der Waals surface area contributed by atoms with Gasteiger partial charge in [0.15, 0.2) is 0 Å². The molecule has 0 saturated heterocycles. The van der Waals surface area contributed by atoms with E-state index in [0.717, 1.165) is 24.3 Å². The zero-order valence-electron chi connectivity index (χ0n) is 14.3. The Morgan fingerprint density at radius 2 is 1.62 bits per heavy atom. The quantitative estimate of drug-likeness (QED) is 0.717. The van der Waals surface area contributed by atoms with Crippen LogP contribution in [0.3, 0.4) is 0 Å². The van der Waals surface area contributed by atoms with Crippen LogP contribution in [-0.2, 0) is 12.0 Å². The second kappa shape index (κ2) is 6.64. The van der Waals surface area contributed by atoms with Gasteiger partial charge in [-0.25, -0.2) is 4.79 Å². The average molecular weight is 345 g/mol. The van der Waals surface area contributed by atoms with Gasteiger partial charge in [0.05, 0.1) is 11.3 Å². The highest BCUT2D eigenvalue weighted by molar-refractivity contribution is 5.87. The fourth-order valence-corrected chi connectivity index (χ4v) is 3.31. The molecule has 1 aliphatic carbocycles. The van der Waals surface area contributed by atoms with E-state index < -0.39 is 5.97 Å². The van der Waals surface area contributed by atoms with Gasteiger partial charge in [0.2, 0.25) is 0 Å². The highest BCUT2D eigenvalue weighted by Crippen LogP contribution is 2.53. The third-order valence-corrected chi connectivity index (χ3v) is 4.95. The summed E-state index contributed by atoms with van der Waals surface area (Å²) in [4.78, 5) is 15.3. The Kier molecular flexibility index (Phi) is 4.17. The third-order valence-electron chi connectivity index (χ3n) is 4.95. The number of ether oxygens (including phenoxy) is 1. The monoisotopic (exact) mass is 345 g/mol. The molecule has 1 aromatic heterocycles. The number of pyridine rings is 1. The van der Waals surface area contributed by atoms with Gasteiger partial charge >= 0.3 is 5.97 Å². The number of carboxylic acid groups (broad SMARTS) is 1. The third kappa shape index (κ3) is 3.18. The summed E-state index contributed by atoms with van der Waals surface area (Å²) in [5.74, 6) is -0.0766. The van der Waals surface area contributed by atoms with Crippen LogP contribution < -0.4 is 4.74 Å². The van der Waals surface area contributed by atoms with Crippen LogP contribution in [0.25, 0.3) is 0 Å². The van der Waals surface area contributed by atoms with Crippen LogP contribution >= 0.6 is 0 Å². The van der Waals surface area contributed by atoms with E-state index in [4.69, 9.17) is 9.84 Å². The number of aromatic carboxylic acids is 1. The first-order chi connectivity index (χ1) is 12.7. The molecule has 1 fully saturated rings. The molecule has 0 aliphatic heterocycles. The van der Waals surface area contributed by atoms with Crippen LogP contribution in [0.15, 0.2) is 72.9 Å². The first-order valence-corrected chi connectivity index (χ1v) is 8.64. The van der Waals surface area contributed by atoms with Gasteiger partial charge in [-0.3, -0.25) is 4.98 Å². The molecule has 0 spiro atoms. The molecule has 3 aromatic rings. The van der Waals surface area contributed by atoms with Crippen molar-refractivity contribution < 1.29 is 14.6 Å². The van der Waals surface area contributed by atoms with Crippen LogP contribution in [-0.4, -0.2) is 16.1 Å². The van der Waals surface area contributed by atoms with Crippen molar-refractivity contribution in [1.29, 1.82) is 0 Å². The van der Waals surface area contributed by atoms with E-state index in [1.165, 1.54) is 11.1 Å². The summed E-state index contributed by atoms with van der Waals surface area (Å²) < 4.78 is 5.80. The maximum absolute atomic E-state index is 11.0. The van der Waals surface area contributed by atoms with Crippen LogP contribution in [0.1, 0.15) is 40.0 Å². The van der Waals surface area contributed by atoms with Crippen molar-refractivity contribution in [3.63, 3.8) is 0 Å². The van der Waals surface area contributed by atoms with Gasteiger partial charge in [-0.2, -0.15) is 0 Å². The van der Waals surface area contributed by atoms with Gasteiger partial charge in [-0.05, 0) is 60.4 Å². The molecule has 0 atom stereocenters. The minimum Gasteiger partial charge on any atom is -0.487 e. The van der Waals surface area contributed by atoms with Gasteiger partial charge in [0.25, 0.3) is 0 Å². The molecule has 4 heteroatoms. The Labute approximate surface area is 152 Å². The molecular weight excluding hydrogens is 326 g/mol. The molecule has 26 heavy (non-hydrogen) atoms. The highest BCUT2D eigenvalue weighted by atomic mass is 16.5. The summed E-state index contributed by atoms with van der Waals surface area (Å²) in [6.45, 7) is 0.446. The number of benzene rings is 2. The van der Waals surface area contributed by atoms with Gasteiger partial charge in [0, 0.05) is 11.6 Å². The van der Waals surface area contributed by atoms with Gasteiger partial charge in [0.1, 0.15) is 12.4 Å². The van der Waals surface area contributed by atoms with E-state index in [0.29, 0.717) is 12.2 Å². The van der Waals surface area contributed by atoms with E-state index in [2.05, 4.69) is 17.1 Å². The summed E-state index contributed by atoms with van der Waals surface area (Å²) in [6, 6.07) is 21.2. The second-order valence-electron chi connectivity index (χ2n) is 6.60. The van der Waals surface area contributed by atoms with Crippen LogP contribution in [0.4, 0.5) is 0 Å². The van der Waals surface area contributed by atoms with Gasteiger partial charge in [-0.1, -0.05) is 30.3 Å². The van der Waals surface area contributed by atoms with Crippen LogP contribution in [0, 0.1) is 0 Å². The molecule has 1 N–H and O–H groups in total. The minimum absolute atomic E-state index is 0.0105. The topological polar surface area (TPSA) is 59.4 Å². The molecule has 1 saturated carbocycles. The number of hydrogen-bond donors (Lipinski definition) is 1. The second-order valence-corrected chi connectivity index (χ2v) is 6.60. The Morgan fingerprint density at radius 3 is 2.15 bits per heavy atom. The predicted molar refractivity (Wildman–Crippen MR) is 98.4 cm³/mol. The zero-order valence-corrected chi connectivity index (χ0v) is 14.3. The largest absolute Gasteiger partial charge is 0.487 e. The van der Waals surface area contributed by atoms with Crippen molar-refractivity contribution >= 4 is 5.97 Å². The molecule has 0 radical (unpaired) electrons. The molecule has 4 nitrogen and oxygen atoms in total. The van der Waals surface area contributed by atoms with Crippen molar-refractivity contribution in [2.45, 2.75) is 24.9 Å². The SMILES string of the molecule is O=C(O)c1ccc(C2(c3ccc(OCc4ccccn4)cc3)CC2)cc1. The Bertz CT molecular complexity index is 898. The molecule has 1 aliphatic rings. The van der Waals surface area contributed by atoms with Crippen LogP contribution in [0.2, 0.25) is 0 Å². The predicted octanol–water partition coefficient (Wildman–Crippen LogP) is 4.44. The normalized spacial score (nSPS) is 14.6. The molecule has 130 valence electrons. The Balaban J connectivity index is 1.48. The van der Waals surface area contributed by atoms with Crippen LogP contribution in [0.5, 0.6) is 5.75 Å². The molecule has 4 rings (SSSR count). The lowest BCUT2D eigenvalue weighted by Crippen LogP contribution is -2.09. The first-order valence-electron chi connectivity index (χ1n) is 8.64. The summed E-state index contributed by atoms with van der Waals surface area (Å²) in [5, 5.41) is 9.06. The average Bonchev–Trinajstić information content (AvgIpc) is 3.50. The summed E-state index contributed by atoms with van der Waals surface area (Å²) in [5.41, 5.74) is 3.64. The summed E-state index contributed by atoms with van der Waals surface area (Å²) in [7, 11) is 0. The van der Waals surface area contributed by atoms with E-state index in [-0.39, 0.29) is 5.41 Å². The van der Waals surface area contributed by atoms with Crippen molar-refractivity contribution in [3.05, 3.63) is 95.3 Å². The van der Waals surface area contributed by atoms with E-state index in [1.54, 1.807) is 18.3 Å². The lowest BCUT2D eigenvalue weighted by molar-refractivity contribution is 0.0697. The maximum atomic E-state index is 11.0. The summed E-state index contributed by atoms with van der Waals surface area (Å²) in [6.07, 6.45) is 3.91. The van der Waals surface area contributed by atoms with Gasteiger partial charge in [-0.15, -0.1) is 0 Å². The Morgan fingerprint density at radius 1 is 0.962 bits per heavy atom. The molecule has 0 unspecified atom stereocenters. The van der Waals surface area contributed by atoms with Crippen molar-refractivity contribution in [2.24, 2.45) is 0 Å². The number of nitrogens with zero attached hydrogens (tertiary/aromatic N) is 1. The number of hydrogen-bond acceptors (Lipinski definition) is 3. The smallest absolute Gasteiger partial charge is 0.335 e. The fourth-order valence-electron chi connectivity index (χ4n) is 3.31.